The first-order chi connectivity index (χ1) is 9.16. The van der Waals surface area contributed by atoms with Crippen LogP contribution in [0.3, 0.4) is 0 Å². The predicted octanol–water partition coefficient (Wildman–Crippen LogP) is 1.86. The number of amides is 1. The monoisotopic (exact) mass is 262 g/mol. The highest BCUT2D eigenvalue weighted by molar-refractivity contribution is 5.85. The number of carbonyl (C=O) groups excluding carboxylic acids is 1. The number of nitrogens with one attached hydrogen (secondary N) is 1. The maximum atomic E-state index is 12.3. The van der Waals surface area contributed by atoms with Crippen molar-refractivity contribution in [1.29, 1.82) is 5.26 Å². The maximum absolute atomic E-state index is 12.3. The Hall–Kier alpha value is -1.90. The Morgan fingerprint density at radius 3 is 2.63 bits per heavy atom. The highest BCUT2D eigenvalue weighted by atomic mass is 16.5. The molecule has 1 amide bonds. The smallest absolute Gasteiger partial charge is 0.240 e. The fourth-order valence-electron chi connectivity index (χ4n) is 2.46. The molecule has 0 aromatic carbocycles. The number of nitrogens with zero attached hydrogens (tertiary/aromatic N) is 3. The van der Waals surface area contributed by atoms with Crippen LogP contribution in [0.4, 0.5) is 0 Å². The van der Waals surface area contributed by atoms with Crippen LogP contribution in [0, 0.1) is 23.7 Å². The molecule has 1 aromatic heterocycles. The normalized spacial score (nSPS) is 18.3. The van der Waals surface area contributed by atoms with E-state index in [4.69, 9.17) is 4.52 Å². The Labute approximate surface area is 112 Å². The van der Waals surface area contributed by atoms with Crippen molar-refractivity contribution in [3.8, 4) is 6.07 Å². The molecule has 1 aliphatic rings. The molecule has 6 heteroatoms. The van der Waals surface area contributed by atoms with Crippen molar-refractivity contribution in [1.82, 2.24) is 15.5 Å². The van der Waals surface area contributed by atoms with E-state index in [9.17, 15) is 10.1 Å². The zero-order chi connectivity index (χ0) is 13.7. The largest absolute Gasteiger partial charge is 0.347 e. The molecule has 6 nitrogen and oxygen atoms in total. The summed E-state index contributed by atoms with van der Waals surface area (Å²) in [5, 5.41) is 15.8. The molecule has 0 atom stereocenters. The maximum Gasteiger partial charge on any atom is 0.240 e. The van der Waals surface area contributed by atoms with Crippen molar-refractivity contribution in [2.45, 2.75) is 52.0 Å². The Kier molecular flexibility index (Phi) is 4.15. The number of aryl methyl sites for hydroxylation is 1. The molecule has 0 radical (unpaired) electrons. The number of nitriles is 1. The van der Waals surface area contributed by atoms with E-state index in [-0.39, 0.29) is 12.5 Å². The third-order valence-corrected chi connectivity index (χ3v) is 3.58. The molecule has 1 saturated carbocycles. The van der Waals surface area contributed by atoms with Crippen LogP contribution in [0.1, 0.15) is 50.2 Å². The highest BCUT2D eigenvalue weighted by Crippen LogP contribution is 2.34. The zero-order valence-corrected chi connectivity index (χ0v) is 11.1. The molecule has 1 N–H and O–H groups in total. The van der Waals surface area contributed by atoms with Gasteiger partial charge in [0.05, 0.1) is 12.6 Å². The molecule has 1 heterocycles. The standard InChI is InChI=1S/C13H18N4O2/c1-10-16-11(17-19-10)8-15-12(18)13(9-14)6-4-2-3-5-7-13/h2-8H2,1H3,(H,15,18). The highest BCUT2D eigenvalue weighted by Gasteiger charge is 2.38. The van der Waals surface area contributed by atoms with Crippen molar-refractivity contribution in [3.63, 3.8) is 0 Å². The number of rotatable bonds is 3. The summed E-state index contributed by atoms with van der Waals surface area (Å²) >= 11 is 0. The summed E-state index contributed by atoms with van der Waals surface area (Å²) in [6.07, 6.45) is 5.34. The van der Waals surface area contributed by atoms with Gasteiger partial charge in [-0.15, -0.1) is 0 Å². The molecule has 0 saturated heterocycles. The average molecular weight is 262 g/mol. The number of hydrogen-bond acceptors (Lipinski definition) is 5. The molecule has 102 valence electrons. The topological polar surface area (TPSA) is 91.8 Å². The molecular formula is C13H18N4O2. The van der Waals surface area contributed by atoms with E-state index in [0.717, 1.165) is 25.7 Å². The van der Waals surface area contributed by atoms with Gasteiger partial charge >= 0.3 is 0 Å². The van der Waals surface area contributed by atoms with Crippen molar-refractivity contribution in [2.75, 3.05) is 0 Å². The lowest BCUT2D eigenvalue weighted by molar-refractivity contribution is -0.129. The summed E-state index contributed by atoms with van der Waals surface area (Å²) in [4.78, 5) is 16.3. The molecule has 0 spiro atoms. The third kappa shape index (κ3) is 3.11. The van der Waals surface area contributed by atoms with Gasteiger partial charge < -0.3 is 9.84 Å². The van der Waals surface area contributed by atoms with Crippen molar-refractivity contribution >= 4 is 5.91 Å². The molecule has 0 bridgehead atoms. The molecule has 0 unspecified atom stereocenters. The van der Waals surface area contributed by atoms with Gasteiger partial charge in [-0.25, -0.2) is 0 Å². The average Bonchev–Trinajstić information content (AvgIpc) is 2.69. The van der Waals surface area contributed by atoms with Crippen molar-refractivity contribution in [2.24, 2.45) is 5.41 Å². The van der Waals surface area contributed by atoms with E-state index in [2.05, 4.69) is 21.5 Å². The lowest BCUT2D eigenvalue weighted by Gasteiger charge is -2.23. The SMILES string of the molecule is Cc1nc(CNC(=O)C2(C#N)CCCCCC2)no1. The van der Waals surface area contributed by atoms with Gasteiger partial charge in [0.25, 0.3) is 0 Å². The van der Waals surface area contributed by atoms with Gasteiger partial charge in [0.15, 0.2) is 5.82 Å². The first kappa shape index (κ1) is 13.5. The molecule has 1 aromatic rings. The molecule has 1 aliphatic carbocycles. The van der Waals surface area contributed by atoms with Crippen LogP contribution in [0.15, 0.2) is 4.52 Å². The van der Waals surface area contributed by atoms with Crippen LogP contribution >= 0.6 is 0 Å². The van der Waals surface area contributed by atoms with Gasteiger partial charge in [0, 0.05) is 6.92 Å². The molecule has 1 fully saturated rings. The first-order valence-electron chi connectivity index (χ1n) is 6.65. The van der Waals surface area contributed by atoms with Gasteiger partial charge in [0.2, 0.25) is 11.8 Å². The van der Waals surface area contributed by atoms with Crippen LogP contribution < -0.4 is 5.32 Å². The van der Waals surface area contributed by atoms with Crippen LogP contribution in [0.25, 0.3) is 0 Å². The first-order valence-corrected chi connectivity index (χ1v) is 6.65. The van der Waals surface area contributed by atoms with E-state index in [1.807, 2.05) is 0 Å². The van der Waals surface area contributed by atoms with Crippen LogP contribution in [0.5, 0.6) is 0 Å². The van der Waals surface area contributed by atoms with E-state index in [0.29, 0.717) is 24.6 Å². The molecular weight excluding hydrogens is 244 g/mol. The minimum absolute atomic E-state index is 0.208. The second-order valence-electron chi connectivity index (χ2n) is 5.02. The summed E-state index contributed by atoms with van der Waals surface area (Å²) in [7, 11) is 0. The summed E-state index contributed by atoms with van der Waals surface area (Å²) in [5.74, 6) is 0.695. The lowest BCUT2D eigenvalue weighted by Crippen LogP contribution is -2.39. The summed E-state index contributed by atoms with van der Waals surface area (Å²) in [6.45, 7) is 1.90. The van der Waals surface area contributed by atoms with Gasteiger partial charge in [-0.1, -0.05) is 30.8 Å². The quantitative estimate of drug-likeness (QED) is 0.839. The third-order valence-electron chi connectivity index (χ3n) is 3.58. The lowest BCUT2D eigenvalue weighted by atomic mass is 9.81. The second-order valence-corrected chi connectivity index (χ2v) is 5.02. The molecule has 2 rings (SSSR count). The Balaban J connectivity index is 1.98. The summed E-state index contributed by atoms with van der Waals surface area (Å²) in [6, 6.07) is 2.22. The minimum Gasteiger partial charge on any atom is -0.347 e. The fraction of sp³-hybridized carbons (Fsp3) is 0.692. The minimum atomic E-state index is -0.880. The van der Waals surface area contributed by atoms with Gasteiger partial charge in [-0.2, -0.15) is 10.2 Å². The Bertz CT molecular complexity index is 481. The van der Waals surface area contributed by atoms with Gasteiger partial charge in [0.1, 0.15) is 5.41 Å². The van der Waals surface area contributed by atoms with Crippen molar-refractivity contribution < 1.29 is 9.32 Å². The Morgan fingerprint density at radius 1 is 1.42 bits per heavy atom. The van der Waals surface area contributed by atoms with Gasteiger partial charge in [-0.3, -0.25) is 4.79 Å². The molecule has 19 heavy (non-hydrogen) atoms. The number of aromatic nitrogens is 2. The van der Waals surface area contributed by atoms with Crippen molar-refractivity contribution in [3.05, 3.63) is 11.7 Å². The second kappa shape index (κ2) is 5.83. The van der Waals surface area contributed by atoms with E-state index >= 15 is 0 Å². The van der Waals surface area contributed by atoms with Crippen LogP contribution in [-0.2, 0) is 11.3 Å². The zero-order valence-electron chi connectivity index (χ0n) is 11.1. The van der Waals surface area contributed by atoms with E-state index in [1.54, 1.807) is 6.92 Å². The molecule has 0 aliphatic heterocycles. The van der Waals surface area contributed by atoms with Crippen LogP contribution in [-0.4, -0.2) is 16.0 Å². The van der Waals surface area contributed by atoms with E-state index in [1.165, 1.54) is 0 Å². The van der Waals surface area contributed by atoms with E-state index < -0.39 is 5.41 Å². The van der Waals surface area contributed by atoms with Gasteiger partial charge in [-0.05, 0) is 12.8 Å². The summed E-state index contributed by atoms with van der Waals surface area (Å²) in [5.41, 5.74) is -0.880. The number of carbonyl (C=O) groups is 1. The van der Waals surface area contributed by atoms with Crippen LogP contribution in [0.2, 0.25) is 0 Å². The predicted molar refractivity (Wildman–Crippen MR) is 66.6 cm³/mol. The number of hydrogen-bond donors (Lipinski definition) is 1. The Morgan fingerprint density at radius 2 is 2.11 bits per heavy atom. The fourth-order valence-corrected chi connectivity index (χ4v) is 2.46. The summed E-state index contributed by atoms with van der Waals surface area (Å²) < 4.78 is 4.84.